The Balaban J connectivity index is 1.52. The molecule has 76 heavy (non-hydrogen) atoms. The van der Waals surface area contributed by atoms with Gasteiger partial charge in [0.15, 0.2) is 26.9 Å². The molecule has 0 aliphatic carbocycles. The highest BCUT2D eigenvalue weighted by atomic mass is 31.2. The van der Waals surface area contributed by atoms with Gasteiger partial charge in [0.05, 0.1) is 17.6 Å². The van der Waals surface area contributed by atoms with Crippen LogP contribution in [0.25, 0.3) is 0 Å². The molecule has 1 amide bonds. The largest absolute Gasteiger partial charge is 0.508 e. The third kappa shape index (κ3) is 14.2. The summed E-state index contributed by atoms with van der Waals surface area (Å²) in [5.41, 5.74) is -3.13. The highest BCUT2D eigenvalue weighted by Crippen LogP contribution is 2.53. The van der Waals surface area contributed by atoms with Crippen LogP contribution in [-0.2, 0) is 41.4 Å². The van der Waals surface area contributed by atoms with Crippen LogP contribution in [0.4, 0.5) is 10.5 Å². The number of rotatable bonds is 24. The molecule has 2 aliphatic rings. The van der Waals surface area contributed by atoms with Crippen LogP contribution >= 0.6 is 7.60 Å². The molecule has 2 aliphatic heterocycles. The molecule has 3 N–H and O–H groups in total. The maximum Gasteiger partial charge on any atom is 0.508 e. The first-order chi connectivity index (χ1) is 35.4. The number of aromatic nitrogens is 4. The van der Waals surface area contributed by atoms with Gasteiger partial charge in [0.25, 0.3) is 22.7 Å². The number of hydrogen-bond donors (Lipinski definition) is 3. The predicted octanol–water partition coefficient (Wildman–Crippen LogP) is 8.23. The quantitative estimate of drug-likeness (QED) is 0.0190. The minimum atomic E-state index is -4.26. The van der Waals surface area contributed by atoms with Gasteiger partial charge in [-0.15, -0.1) is 0 Å². The van der Waals surface area contributed by atoms with Crippen LogP contribution in [0.15, 0.2) is 61.9 Å². The van der Waals surface area contributed by atoms with Crippen LogP contribution < -0.4 is 27.8 Å². The number of nitrogens with one attached hydrogen (secondary N) is 3. The van der Waals surface area contributed by atoms with Gasteiger partial charge in [-0.05, 0) is 53.7 Å². The van der Waals surface area contributed by atoms with E-state index in [2.05, 4.69) is 15.3 Å². The Morgan fingerprint density at radius 3 is 1.86 bits per heavy atom. The summed E-state index contributed by atoms with van der Waals surface area (Å²) in [5.74, 6) is -1.25. The van der Waals surface area contributed by atoms with Crippen LogP contribution in [0, 0.1) is 10.1 Å². The molecule has 2 fully saturated rings. The number of ether oxygens (including phenoxy) is 4. The van der Waals surface area contributed by atoms with Crippen molar-refractivity contribution < 1.29 is 55.9 Å². The second-order valence-corrected chi connectivity index (χ2v) is 34.3. The van der Waals surface area contributed by atoms with E-state index in [0.717, 1.165) is 23.5 Å². The smallest absolute Gasteiger partial charge is 0.434 e. The minimum absolute atomic E-state index is 0.0458. The van der Waals surface area contributed by atoms with Crippen molar-refractivity contribution in [2.24, 2.45) is 0 Å². The van der Waals surface area contributed by atoms with E-state index in [9.17, 15) is 43.4 Å². The molecule has 2 saturated heterocycles. The standard InChI is InChI=1S/C50H79N6O17PSi2/c1-16-18-23-51-44(59)33-19-20-34(35(26-33)56(63)64)32(9)27-66-49(62)70-40-37(69-45(54-24-21-38(57)52-47(54)60)42(40)73-76(29(3)4,30(5)6)31(7)8)28-67-74(13,65)71-41-36(17-2)68-46(55-25-22-39(58)53-48(55)61)43(41)72-75(14,15)50(10,11)12/h19-22,24-26,29-32,36-37,40-43,45-46H,16-18,23,27-28H2,1-15H3,(H,51,59)(H,52,57,60)(H,53,58,61)/t32?,36-,37-,40+,41+,42?,43?,45-,46-,74?/m1/s1. The van der Waals surface area contributed by atoms with Gasteiger partial charge in [-0.25, -0.2) is 14.4 Å². The number of amides is 1. The van der Waals surface area contributed by atoms with E-state index in [-0.39, 0.29) is 38.5 Å². The van der Waals surface area contributed by atoms with Crippen molar-refractivity contribution in [1.29, 1.82) is 0 Å². The molecule has 0 spiro atoms. The number of unbranched alkanes of at least 4 members (excludes halogenated alkanes) is 1. The molecule has 2 aromatic heterocycles. The van der Waals surface area contributed by atoms with Crippen molar-refractivity contribution in [2.75, 3.05) is 26.4 Å². The summed E-state index contributed by atoms with van der Waals surface area (Å²) in [4.78, 5) is 94.5. The zero-order valence-electron chi connectivity index (χ0n) is 46.4. The Morgan fingerprint density at radius 1 is 0.829 bits per heavy atom. The Labute approximate surface area is 445 Å². The first-order valence-electron chi connectivity index (χ1n) is 26.0. The summed E-state index contributed by atoms with van der Waals surface area (Å²) < 4.78 is 68.8. The summed E-state index contributed by atoms with van der Waals surface area (Å²) in [6.07, 6.45) is -6.34. The van der Waals surface area contributed by atoms with Crippen molar-refractivity contribution in [3.63, 3.8) is 0 Å². The van der Waals surface area contributed by atoms with Gasteiger partial charge in [0.2, 0.25) is 8.32 Å². The number of benzene rings is 1. The van der Waals surface area contributed by atoms with Crippen molar-refractivity contribution in [1.82, 2.24) is 24.4 Å². The van der Waals surface area contributed by atoms with Crippen molar-refractivity contribution in [2.45, 2.75) is 192 Å². The van der Waals surface area contributed by atoms with Gasteiger partial charge < -0.3 is 37.6 Å². The van der Waals surface area contributed by atoms with E-state index in [1.165, 1.54) is 47.9 Å². The highest BCUT2D eigenvalue weighted by Gasteiger charge is 2.57. The highest BCUT2D eigenvalue weighted by molar-refractivity contribution is 7.53. The topological polar surface area (TPSA) is 290 Å². The molecule has 0 bridgehead atoms. The lowest BCUT2D eigenvalue weighted by molar-refractivity contribution is -0.385. The predicted molar refractivity (Wildman–Crippen MR) is 288 cm³/mol. The SMILES string of the molecule is CCCCNC(=O)c1ccc(C(C)COC(=O)O[C@@H]2C(O[Si](C(C)C)(C(C)C)C(C)C)[C@H](n3ccc(=O)[nH]c3=O)O[C@@H]2COP(C)(=O)O[C@@H]2C(O[Si](C)(C)C(C)(C)C)[C@H](n3ccc(=O)[nH]c3=O)O[C@@H]2CC)c([N+](=O)[O-])c1. The Hall–Kier alpha value is -4.86. The van der Waals surface area contributed by atoms with E-state index in [0.29, 0.717) is 13.0 Å². The van der Waals surface area contributed by atoms with Gasteiger partial charge in [-0.1, -0.05) is 95.6 Å². The van der Waals surface area contributed by atoms with Crippen molar-refractivity contribution >= 4 is 42.0 Å². The number of nitro benzene ring substituents is 1. The van der Waals surface area contributed by atoms with Crippen molar-refractivity contribution in [3.8, 4) is 0 Å². The summed E-state index contributed by atoms with van der Waals surface area (Å²) in [7, 11) is -9.97. The average Bonchev–Trinajstić information content (AvgIpc) is 3.82. The molecule has 0 radical (unpaired) electrons. The summed E-state index contributed by atoms with van der Waals surface area (Å²) in [6, 6.07) is 6.37. The van der Waals surface area contributed by atoms with Crippen LogP contribution in [0.3, 0.4) is 0 Å². The number of H-pyrrole nitrogens is 2. The summed E-state index contributed by atoms with van der Waals surface area (Å²) in [6.45, 7) is 28.3. The van der Waals surface area contributed by atoms with Gasteiger partial charge in [-0.2, -0.15) is 0 Å². The zero-order chi connectivity index (χ0) is 56.8. The van der Waals surface area contributed by atoms with Gasteiger partial charge in [0, 0.05) is 60.8 Å². The zero-order valence-corrected chi connectivity index (χ0v) is 49.3. The fourth-order valence-corrected chi connectivity index (χ4v) is 17.9. The molecule has 10 atom stereocenters. The molecule has 5 rings (SSSR count). The van der Waals surface area contributed by atoms with E-state index in [4.69, 9.17) is 36.8 Å². The number of carbonyl (C=O) groups is 2. The van der Waals surface area contributed by atoms with Crippen molar-refractivity contribution in [3.05, 3.63) is 106 Å². The molecular formula is C50H79N6O17PSi2. The van der Waals surface area contributed by atoms with Gasteiger partial charge in [-0.3, -0.25) is 52.7 Å². The fraction of sp³-hybridized carbons (Fsp3) is 0.680. The van der Waals surface area contributed by atoms with Gasteiger partial charge >= 0.3 is 25.1 Å². The first-order valence-corrected chi connectivity index (χ1v) is 33.0. The number of nitrogens with zero attached hydrogens (tertiary/aromatic N) is 3. The first kappa shape index (κ1) is 62.0. The minimum Gasteiger partial charge on any atom is -0.434 e. The maximum atomic E-state index is 14.9. The number of aromatic amines is 2. The Kier molecular flexibility index (Phi) is 20.6. The molecule has 26 heteroatoms. The lowest BCUT2D eigenvalue weighted by Gasteiger charge is -2.45. The average molecular weight is 1120 g/mol. The lowest BCUT2D eigenvalue weighted by atomic mass is 9.98. The Morgan fingerprint density at radius 2 is 1.37 bits per heavy atom. The second kappa shape index (κ2) is 25.3. The molecule has 0 saturated carbocycles. The molecule has 23 nitrogen and oxygen atoms in total. The van der Waals surface area contributed by atoms with Crippen LogP contribution in [-0.4, -0.2) is 116 Å². The van der Waals surface area contributed by atoms with E-state index < -0.39 is 132 Å². The maximum absolute atomic E-state index is 14.9. The number of carbonyl (C=O) groups excluding carboxylic acids is 2. The Bertz CT molecular complexity index is 2790. The molecular weight excluding hydrogens is 1040 g/mol. The molecule has 1 aromatic carbocycles. The van der Waals surface area contributed by atoms with Crippen LogP contribution in [0.2, 0.25) is 34.8 Å². The molecule has 4 unspecified atom stereocenters. The van der Waals surface area contributed by atoms with E-state index >= 15 is 0 Å². The number of nitro groups is 1. The molecule has 424 valence electrons. The van der Waals surface area contributed by atoms with E-state index in [1.807, 2.05) is 89.3 Å². The monoisotopic (exact) mass is 1120 g/mol. The molecule has 4 heterocycles. The molecule has 3 aromatic rings. The van der Waals surface area contributed by atoms with Gasteiger partial charge in [0.1, 0.15) is 31.0 Å². The van der Waals surface area contributed by atoms with E-state index in [1.54, 1.807) is 6.92 Å². The second-order valence-electron chi connectivity index (χ2n) is 22.1. The third-order valence-corrected chi connectivity index (χ3v) is 26.6. The normalized spacial score (nSPS) is 23.4. The van der Waals surface area contributed by atoms with Crippen LogP contribution in [0.1, 0.15) is 137 Å². The van der Waals surface area contributed by atoms with Crippen LogP contribution in [0.5, 0.6) is 0 Å². The summed E-state index contributed by atoms with van der Waals surface area (Å²) in [5, 5.41) is 14.7. The third-order valence-electron chi connectivity index (χ3n) is 14.8. The lowest BCUT2D eigenvalue weighted by Crippen LogP contribution is -2.54. The number of hydrogen-bond acceptors (Lipinski definition) is 17. The fourth-order valence-electron chi connectivity index (χ4n) is 9.89. The summed E-state index contributed by atoms with van der Waals surface area (Å²) >= 11 is 0.